The van der Waals surface area contributed by atoms with Gasteiger partial charge in [-0.1, -0.05) is 31.4 Å². The van der Waals surface area contributed by atoms with Crippen LogP contribution in [-0.4, -0.2) is 5.78 Å². The van der Waals surface area contributed by atoms with Crippen LogP contribution in [0.5, 0.6) is 0 Å². The number of allylic oxidation sites excluding steroid dienone is 2. The zero-order chi connectivity index (χ0) is 13.0. The molecule has 3 fully saturated rings. The van der Waals surface area contributed by atoms with Gasteiger partial charge in [0.1, 0.15) is 5.78 Å². The molecule has 0 spiro atoms. The molecule has 4 rings (SSSR count). The molecule has 0 aliphatic heterocycles. The van der Waals surface area contributed by atoms with Crippen molar-refractivity contribution in [3.63, 3.8) is 0 Å². The molecule has 0 aromatic heterocycles. The predicted octanol–water partition coefficient (Wildman–Crippen LogP) is 4.52. The van der Waals surface area contributed by atoms with Gasteiger partial charge in [0.15, 0.2) is 0 Å². The molecule has 0 saturated heterocycles. The predicted molar refractivity (Wildman–Crippen MR) is 76.7 cm³/mol. The van der Waals surface area contributed by atoms with Gasteiger partial charge in [0.05, 0.1) is 0 Å². The molecule has 19 heavy (non-hydrogen) atoms. The fourth-order valence-corrected chi connectivity index (χ4v) is 6.09. The van der Waals surface area contributed by atoms with Crippen molar-refractivity contribution in [3.05, 3.63) is 11.6 Å². The molecule has 1 nitrogen and oxygen atoms in total. The number of hydrogen-bond acceptors (Lipinski definition) is 1. The van der Waals surface area contributed by atoms with Gasteiger partial charge >= 0.3 is 0 Å². The molecule has 0 amide bonds. The summed E-state index contributed by atoms with van der Waals surface area (Å²) in [6.07, 6.45) is 13.9. The minimum absolute atomic E-state index is 0.379. The number of Topliss-reactive ketones (excluding diaryl/α,β-unsaturated/α-hetero) is 1. The van der Waals surface area contributed by atoms with E-state index in [4.69, 9.17) is 0 Å². The van der Waals surface area contributed by atoms with Crippen molar-refractivity contribution in [3.8, 4) is 0 Å². The fraction of sp³-hybridized carbons (Fsp3) is 0.833. The van der Waals surface area contributed by atoms with Crippen LogP contribution in [0.4, 0.5) is 0 Å². The van der Waals surface area contributed by atoms with Crippen LogP contribution in [0.3, 0.4) is 0 Å². The summed E-state index contributed by atoms with van der Waals surface area (Å²) in [7, 11) is 0. The lowest BCUT2D eigenvalue weighted by atomic mass is 9.50. The van der Waals surface area contributed by atoms with Crippen molar-refractivity contribution in [2.75, 3.05) is 0 Å². The van der Waals surface area contributed by atoms with Crippen molar-refractivity contribution >= 4 is 5.78 Å². The van der Waals surface area contributed by atoms with Gasteiger partial charge in [-0.2, -0.15) is 0 Å². The molecule has 4 unspecified atom stereocenters. The van der Waals surface area contributed by atoms with Gasteiger partial charge in [0, 0.05) is 12.8 Å². The van der Waals surface area contributed by atoms with Crippen molar-refractivity contribution in [1.29, 1.82) is 0 Å². The largest absolute Gasteiger partial charge is 0.299 e. The van der Waals surface area contributed by atoms with E-state index in [2.05, 4.69) is 13.0 Å². The van der Waals surface area contributed by atoms with Gasteiger partial charge in [-0.05, 0) is 61.2 Å². The highest BCUT2D eigenvalue weighted by Crippen LogP contribution is 2.60. The Morgan fingerprint density at radius 1 is 1.16 bits per heavy atom. The lowest BCUT2D eigenvalue weighted by Gasteiger charge is -2.54. The smallest absolute Gasteiger partial charge is 0.136 e. The molecule has 4 aliphatic rings. The second-order valence-corrected chi connectivity index (χ2v) is 7.80. The van der Waals surface area contributed by atoms with Crippen LogP contribution < -0.4 is 0 Å². The number of hydrogen-bond donors (Lipinski definition) is 0. The second-order valence-electron chi connectivity index (χ2n) is 7.80. The van der Waals surface area contributed by atoms with E-state index in [1.165, 1.54) is 44.1 Å². The first-order valence-corrected chi connectivity index (χ1v) is 8.40. The van der Waals surface area contributed by atoms with Crippen LogP contribution in [0.15, 0.2) is 11.6 Å². The highest BCUT2D eigenvalue weighted by atomic mass is 16.1. The first-order chi connectivity index (χ1) is 9.18. The number of ketones is 1. The minimum Gasteiger partial charge on any atom is -0.299 e. The number of fused-ring (bicyclic) bond motifs is 5. The molecule has 0 bridgehead atoms. The highest BCUT2D eigenvalue weighted by Gasteiger charge is 2.52. The Labute approximate surface area is 116 Å². The van der Waals surface area contributed by atoms with Crippen molar-refractivity contribution in [2.24, 2.45) is 29.1 Å². The molecule has 3 saturated carbocycles. The Morgan fingerprint density at radius 3 is 2.95 bits per heavy atom. The molecular weight excluding hydrogens is 232 g/mol. The Bertz CT molecular complexity index is 435. The van der Waals surface area contributed by atoms with Crippen LogP contribution in [0.25, 0.3) is 0 Å². The Kier molecular flexibility index (Phi) is 2.69. The van der Waals surface area contributed by atoms with Gasteiger partial charge in [-0.3, -0.25) is 4.79 Å². The molecule has 5 atom stereocenters. The van der Waals surface area contributed by atoms with E-state index in [9.17, 15) is 4.79 Å². The number of carbonyl (C=O) groups excluding carboxylic acids is 1. The van der Waals surface area contributed by atoms with Gasteiger partial charge in [-0.15, -0.1) is 0 Å². The quantitative estimate of drug-likeness (QED) is 0.584. The molecular formula is C18H26O. The minimum atomic E-state index is 0.379. The molecule has 0 aromatic rings. The topological polar surface area (TPSA) is 17.1 Å². The number of carbonyl (C=O) groups is 1. The Balaban J connectivity index is 1.68. The summed E-state index contributed by atoms with van der Waals surface area (Å²) >= 11 is 0. The third kappa shape index (κ3) is 1.69. The summed E-state index contributed by atoms with van der Waals surface area (Å²) in [5.41, 5.74) is 1.89. The fourth-order valence-electron chi connectivity index (χ4n) is 6.09. The maximum Gasteiger partial charge on any atom is 0.136 e. The average molecular weight is 258 g/mol. The van der Waals surface area contributed by atoms with E-state index < -0.39 is 0 Å². The van der Waals surface area contributed by atoms with E-state index in [0.717, 1.165) is 42.9 Å². The molecule has 104 valence electrons. The number of rotatable bonds is 0. The summed E-state index contributed by atoms with van der Waals surface area (Å²) in [5.74, 6) is 4.39. The standard InChI is InChI=1S/C18H26O/c1-18-10-9-14(19)11-13(18)6-7-16-15-4-2-3-12(15)5-8-17(16)18/h6,12,15-17H,2-5,7-11H2,1H3/t12?,15?,16?,17?,18-/m0/s1. The summed E-state index contributed by atoms with van der Waals surface area (Å²) in [4.78, 5) is 11.8. The zero-order valence-corrected chi connectivity index (χ0v) is 12.2. The lowest BCUT2D eigenvalue weighted by molar-refractivity contribution is -0.121. The maximum absolute atomic E-state index is 11.8. The first-order valence-electron chi connectivity index (χ1n) is 8.40. The van der Waals surface area contributed by atoms with Crippen LogP contribution in [0, 0.1) is 29.1 Å². The van der Waals surface area contributed by atoms with Gasteiger partial charge in [0.25, 0.3) is 0 Å². The highest BCUT2D eigenvalue weighted by molar-refractivity contribution is 5.82. The molecule has 0 aromatic carbocycles. The van der Waals surface area contributed by atoms with Gasteiger partial charge in [0.2, 0.25) is 0 Å². The van der Waals surface area contributed by atoms with Crippen molar-refractivity contribution in [1.82, 2.24) is 0 Å². The van der Waals surface area contributed by atoms with E-state index in [1.807, 2.05) is 0 Å². The first kappa shape index (κ1) is 12.2. The summed E-state index contributed by atoms with van der Waals surface area (Å²) in [6, 6.07) is 0. The third-order valence-corrected chi connectivity index (χ3v) is 7.13. The lowest BCUT2D eigenvalue weighted by Crippen LogP contribution is -2.46. The Morgan fingerprint density at radius 2 is 2.05 bits per heavy atom. The van der Waals surface area contributed by atoms with Crippen LogP contribution in [-0.2, 0) is 4.79 Å². The molecule has 0 heterocycles. The van der Waals surface area contributed by atoms with Gasteiger partial charge in [-0.25, -0.2) is 0 Å². The zero-order valence-electron chi connectivity index (χ0n) is 12.2. The maximum atomic E-state index is 11.8. The molecule has 1 heteroatoms. The van der Waals surface area contributed by atoms with Crippen LogP contribution >= 0.6 is 0 Å². The van der Waals surface area contributed by atoms with Crippen LogP contribution in [0.2, 0.25) is 0 Å². The second kappa shape index (κ2) is 4.20. The SMILES string of the molecule is C[C@]12CCC(=O)CC1=CCC1C3CCCC3CCC12. The van der Waals surface area contributed by atoms with Crippen molar-refractivity contribution in [2.45, 2.75) is 64.7 Å². The monoisotopic (exact) mass is 258 g/mol. The molecule has 0 N–H and O–H groups in total. The summed E-state index contributed by atoms with van der Waals surface area (Å²) in [5, 5.41) is 0. The molecule has 4 aliphatic carbocycles. The third-order valence-electron chi connectivity index (χ3n) is 7.13. The summed E-state index contributed by atoms with van der Waals surface area (Å²) < 4.78 is 0. The normalized spacial score (nSPS) is 49.1. The van der Waals surface area contributed by atoms with E-state index in [-0.39, 0.29) is 0 Å². The van der Waals surface area contributed by atoms with E-state index in [0.29, 0.717) is 11.2 Å². The molecule has 0 radical (unpaired) electrons. The van der Waals surface area contributed by atoms with E-state index in [1.54, 1.807) is 0 Å². The average Bonchev–Trinajstić information content (AvgIpc) is 2.88. The van der Waals surface area contributed by atoms with Gasteiger partial charge < -0.3 is 0 Å². The Hall–Kier alpha value is -0.590. The van der Waals surface area contributed by atoms with Crippen molar-refractivity contribution < 1.29 is 4.79 Å². The van der Waals surface area contributed by atoms with Crippen LogP contribution in [0.1, 0.15) is 64.7 Å². The van der Waals surface area contributed by atoms with E-state index >= 15 is 0 Å². The summed E-state index contributed by atoms with van der Waals surface area (Å²) in [6.45, 7) is 2.48.